The molecule has 3 saturated heterocycles. The van der Waals surface area contributed by atoms with Crippen molar-refractivity contribution in [3.05, 3.63) is 41.2 Å². The van der Waals surface area contributed by atoms with Gasteiger partial charge in [-0.05, 0) is 12.1 Å². The Balaban J connectivity index is 1.21. The van der Waals surface area contributed by atoms with Gasteiger partial charge in [0.15, 0.2) is 18.1 Å². The number of nitrogens with two attached hydrogens (primary N) is 2. The maximum Gasteiger partial charge on any atom is 0.472 e. The number of rotatable bonds is 2. The summed E-state index contributed by atoms with van der Waals surface area (Å²) in [4.78, 5) is 48.1. The minimum absolute atomic E-state index is 0.0126. The molecule has 23 heteroatoms. The summed E-state index contributed by atoms with van der Waals surface area (Å²) in [6.07, 6.45) is -8.28. The van der Waals surface area contributed by atoms with Crippen LogP contribution >= 0.6 is 15.6 Å². The molecule has 21 nitrogen and oxygen atoms in total. The number of anilines is 2. The lowest BCUT2D eigenvalue weighted by atomic mass is 10.1. The molecule has 4 unspecified atom stereocenters. The average Bonchev–Trinajstić information content (AvgIpc) is 3.72. The molecule has 2 bridgehead atoms. The van der Waals surface area contributed by atoms with Crippen LogP contribution in [-0.4, -0.2) is 98.9 Å². The van der Waals surface area contributed by atoms with Crippen molar-refractivity contribution in [3.63, 3.8) is 0 Å². The van der Waals surface area contributed by atoms with E-state index in [1.54, 1.807) is 6.07 Å². The Kier molecular flexibility index (Phi) is 7.36. The van der Waals surface area contributed by atoms with E-state index in [4.69, 9.17) is 39.0 Å². The highest BCUT2D eigenvalue weighted by molar-refractivity contribution is 7.47. The Morgan fingerprint density at radius 1 is 0.844 bits per heavy atom. The molecule has 45 heavy (non-hydrogen) atoms. The summed E-state index contributed by atoms with van der Waals surface area (Å²) in [6, 6.07) is 2.93. The standard InChI is InChI=1S/C22H26N8O13P2/c23-16-8-1-3-29(17(8)26-7-25-16)20-13(32)14-11(41-20)6-39-45(36,37)43-15-12(31)10(5-38-44(34,35)42-14)40-21(15)30-4-2-9-18(30)27-22(24)28-19(9)33/h1-4,7,10-15,20-21,31-32H,5-6H2,(H,34,35)(H,36,37)(H2,23,25,26)(H3,24,27,28,33)/t10-,11-,12+,13+,14?,15?,20-,21-/m1/s1. The van der Waals surface area contributed by atoms with E-state index in [0.717, 1.165) is 0 Å². The summed E-state index contributed by atoms with van der Waals surface area (Å²) in [7, 11) is -10.1. The molecule has 0 amide bonds. The van der Waals surface area contributed by atoms with Gasteiger partial charge < -0.3 is 50.1 Å². The molecule has 3 fully saturated rings. The molecule has 10 atom stereocenters. The first-order valence-electron chi connectivity index (χ1n) is 13.2. The topological polar surface area (TPSA) is 304 Å². The number of nitrogen functional groups attached to an aromatic ring is 2. The van der Waals surface area contributed by atoms with Gasteiger partial charge in [-0.2, -0.15) is 4.98 Å². The van der Waals surface area contributed by atoms with E-state index in [1.165, 1.54) is 33.9 Å². The summed E-state index contributed by atoms with van der Waals surface area (Å²) in [5, 5.41) is 22.7. The molecule has 3 aliphatic rings. The lowest BCUT2D eigenvalue weighted by Crippen LogP contribution is -2.36. The number of ether oxygens (including phenoxy) is 2. The maximum atomic E-state index is 13.2. The molecule has 7 heterocycles. The fourth-order valence-corrected chi connectivity index (χ4v) is 7.47. The molecular weight excluding hydrogens is 646 g/mol. The van der Waals surface area contributed by atoms with Crippen molar-refractivity contribution in [2.45, 2.75) is 49.1 Å². The number of aromatic nitrogens is 6. The first kappa shape index (κ1) is 30.4. The van der Waals surface area contributed by atoms with Crippen LogP contribution in [0, 0.1) is 0 Å². The average molecular weight is 672 g/mol. The quantitative estimate of drug-likeness (QED) is 0.124. The molecule has 9 N–H and O–H groups in total. The number of hydrogen-bond acceptors (Lipinski definition) is 16. The van der Waals surface area contributed by atoms with Crippen LogP contribution in [0.1, 0.15) is 12.5 Å². The number of fused-ring (bicyclic) bond motifs is 5. The molecule has 3 aliphatic heterocycles. The summed E-state index contributed by atoms with van der Waals surface area (Å²) in [5.41, 5.74) is 11.2. The molecule has 0 aromatic carbocycles. The Morgan fingerprint density at radius 2 is 1.47 bits per heavy atom. The van der Waals surface area contributed by atoms with Gasteiger partial charge >= 0.3 is 15.6 Å². The van der Waals surface area contributed by atoms with Crippen LogP contribution in [0.25, 0.3) is 22.1 Å². The minimum atomic E-state index is -5.08. The van der Waals surface area contributed by atoms with Gasteiger partial charge in [0.2, 0.25) is 5.95 Å². The van der Waals surface area contributed by atoms with E-state index in [-0.39, 0.29) is 28.4 Å². The molecule has 0 aliphatic carbocycles. The van der Waals surface area contributed by atoms with E-state index >= 15 is 0 Å². The zero-order chi connectivity index (χ0) is 31.8. The number of hydrogen-bond donors (Lipinski definition) is 7. The molecule has 7 rings (SSSR count). The van der Waals surface area contributed by atoms with Crippen LogP contribution in [0.2, 0.25) is 0 Å². The van der Waals surface area contributed by atoms with Gasteiger partial charge in [0.05, 0.1) is 24.0 Å². The van der Waals surface area contributed by atoms with Gasteiger partial charge in [-0.25, -0.2) is 19.1 Å². The zero-order valence-electron chi connectivity index (χ0n) is 22.7. The zero-order valence-corrected chi connectivity index (χ0v) is 24.5. The van der Waals surface area contributed by atoms with E-state index in [0.29, 0.717) is 5.39 Å². The van der Waals surface area contributed by atoms with Crippen molar-refractivity contribution >= 4 is 49.5 Å². The molecule has 0 spiro atoms. The first-order valence-corrected chi connectivity index (χ1v) is 16.2. The predicted molar refractivity (Wildman–Crippen MR) is 148 cm³/mol. The molecule has 4 aromatic rings. The maximum absolute atomic E-state index is 13.2. The summed E-state index contributed by atoms with van der Waals surface area (Å²) in [6.45, 7) is -1.59. The van der Waals surface area contributed by atoms with Crippen LogP contribution in [0.15, 0.2) is 35.6 Å². The van der Waals surface area contributed by atoms with Crippen molar-refractivity contribution < 1.29 is 56.7 Å². The SMILES string of the molecule is Nc1nc2c(ccn2[C@@H]2O[C@@H]3COP(=O)(O)OC4[C@@H](COP(=O)(O)OC2[C@H]3O)O[C@@H](n2ccc3c(N)ncnc32)[C@H]4O)c(=O)[nH]1. The normalized spacial score (nSPS) is 37.7. The fraction of sp³-hybridized carbons (Fsp3) is 0.455. The van der Waals surface area contributed by atoms with Crippen molar-refractivity contribution in [1.29, 1.82) is 0 Å². The van der Waals surface area contributed by atoms with Crippen LogP contribution in [0.3, 0.4) is 0 Å². The number of nitrogens with zero attached hydrogens (tertiary/aromatic N) is 5. The summed E-state index contributed by atoms with van der Waals surface area (Å²) < 4.78 is 61.5. The Bertz CT molecular complexity index is 1930. The number of nitrogens with one attached hydrogen (secondary N) is 1. The molecule has 0 saturated carbocycles. The van der Waals surface area contributed by atoms with E-state index in [2.05, 4.69) is 19.9 Å². The number of aliphatic hydroxyl groups is 2. The highest BCUT2D eigenvalue weighted by Gasteiger charge is 2.53. The van der Waals surface area contributed by atoms with Crippen LogP contribution in [0.5, 0.6) is 0 Å². The second kappa shape index (κ2) is 10.9. The van der Waals surface area contributed by atoms with Gasteiger partial charge in [0, 0.05) is 12.4 Å². The number of aromatic amines is 1. The fourth-order valence-electron chi connectivity index (χ4n) is 5.57. The molecular formula is C22H26N8O13P2. The van der Waals surface area contributed by atoms with Crippen LogP contribution in [0.4, 0.5) is 11.8 Å². The largest absolute Gasteiger partial charge is 0.472 e. The van der Waals surface area contributed by atoms with E-state index < -0.39 is 83.5 Å². The smallest absolute Gasteiger partial charge is 0.387 e. The van der Waals surface area contributed by atoms with E-state index in [1.807, 2.05) is 0 Å². The predicted octanol–water partition coefficient (Wildman–Crippen LogP) is -1.13. The van der Waals surface area contributed by atoms with Gasteiger partial charge in [-0.15, -0.1) is 0 Å². The number of aliphatic hydroxyl groups excluding tert-OH is 2. The number of H-pyrrole nitrogens is 1. The lowest BCUT2D eigenvalue weighted by molar-refractivity contribution is -0.0670. The third-order valence-corrected chi connectivity index (χ3v) is 9.59. The molecule has 0 radical (unpaired) electrons. The third kappa shape index (κ3) is 5.35. The second-order valence-corrected chi connectivity index (χ2v) is 13.2. The summed E-state index contributed by atoms with van der Waals surface area (Å²) >= 11 is 0. The number of phosphoric ester groups is 2. The highest BCUT2D eigenvalue weighted by Crippen LogP contribution is 2.53. The Hall–Kier alpha value is -3.30. The minimum Gasteiger partial charge on any atom is -0.387 e. The van der Waals surface area contributed by atoms with Crippen molar-refractivity contribution in [2.24, 2.45) is 0 Å². The molecule has 242 valence electrons. The Labute approximate surface area is 250 Å². The lowest BCUT2D eigenvalue weighted by Gasteiger charge is -2.26. The highest BCUT2D eigenvalue weighted by atomic mass is 31.2. The van der Waals surface area contributed by atoms with Gasteiger partial charge in [0.1, 0.15) is 54.4 Å². The van der Waals surface area contributed by atoms with Crippen molar-refractivity contribution in [2.75, 3.05) is 24.7 Å². The first-order chi connectivity index (χ1) is 21.3. The summed E-state index contributed by atoms with van der Waals surface area (Å²) in [5.74, 6) is -0.0910. The van der Waals surface area contributed by atoms with Gasteiger partial charge in [-0.3, -0.25) is 27.9 Å². The number of phosphoric acid groups is 2. The Morgan fingerprint density at radius 3 is 2.20 bits per heavy atom. The van der Waals surface area contributed by atoms with Crippen LogP contribution < -0.4 is 17.0 Å². The van der Waals surface area contributed by atoms with Crippen molar-refractivity contribution in [1.82, 2.24) is 29.1 Å². The van der Waals surface area contributed by atoms with Gasteiger partial charge in [0.25, 0.3) is 5.56 Å². The van der Waals surface area contributed by atoms with Crippen LogP contribution in [-0.2, 0) is 36.7 Å². The van der Waals surface area contributed by atoms with Crippen molar-refractivity contribution in [3.8, 4) is 0 Å². The third-order valence-electron chi connectivity index (χ3n) is 7.62. The van der Waals surface area contributed by atoms with E-state index in [9.17, 15) is 33.9 Å². The molecule has 4 aromatic heterocycles. The monoisotopic (exact) mass is 672 g/mol. The second-order valence-electron chi connectivity index (χ2n) is 10.4. The van der Waals surface area contributed by atoms with Gasteiger partial charge in [-0.1, -0.05) is 0 Å².